The Kier molecular flexibility index (Phi) is 5.31. The van der Waals surface area contributed by atoms with Gasteiger partial charge >= 0.3 is 6.03 Å². The molecule has 0 aliphatic heterocycles. The summed E-state index contributed by atoms with van der Waals surface area (Å²) in [5, 5.41) is 15.3. The number of aromatic amines is 1. The van der Waals surface area contributed by atoms with Crippen molar-refractivity contribution in [1.29, 1.82) is 0 Å². The number of nitrogens with one attached hydrogen (secondary N) is 3. The van der Waals surface area contributed by atoms with Gasteiger partial charge in [0, 0.05) is 34.2 Å². The molecule has 3 amide bonds. The van der Waals surface area contributed by atoms with Gasteiger partial charge in [0.05, 0.1) is 5.25 Å². The lowest BCUT2D eigenvalue weighted by Crippen LogP contribution is -2.49. The van der Waals surface area contributed by atoms with Crippen LogP contribution in [0.15, 0.2) is 35.6 Å². The summed E-state index contributed by atoms with van der Waals surface area (Å²) in [7, 11) is 0. The Bertz CT molecular complexity index is 1090. The Morgan fingerprint density at radius 1 is 1.23 bits per heavy atom. The molecule has 8 nitrogen and oxygen atoms in total. The summed E-state index contributed by atoms with van der Waals surface area (Å²) in [6.45, 7) is 7.35. The zero-order chi connectivity index (χ0) is 21.5. The van der Waals surface area contributed by atoms with Gasteiger partial charge < -0.3 is 10.3 Å². The molecule has 0 saturated heterocycles. The molecule has 0 bridgehead atoms. The second kappa shape index (κ2) is 7.79. The van der Waals surface area contributed by atoms with E-state index in [1.54, 1.807) is 6.92 Å². The maximum absolute atomic E-state index is 12.5. The summed E-state index contributed by atoms with van der Waals surface area (Å²) in [6.07, 6.45) is 4.08. The van der Waals surface area contributed by atoms with Crippen LogP contribution >= 0.6 is 11.8 Å². The van der Waals surface area contributed by atoms with E-state index in [1.807, 2.05) is 45.2 Å². The molecule has 3 N–H and O–H groups in total. The monoisotopic (exact) mass is 426 g/mol. The normalized spacial score (nSPS) is 15.2. The van der Waals surface area contributed by atoms with E-state index in [0.29, 0.717) is 11.2 Å². The van der Waals surface area contributed by atoms with Gasteiger partial charge in [-0.1, -0.05) is 30.0 Å². The fourth-order valence-electron chi connectivity index (χ4n) is 3.26. The molecule has 158 valence electrons. The first-order valence-corrected chi connectivity index (χ1v) is 10.9. The van der Waals surface area contributed by atoms with Crippen molar-refractivity contribution in [2.24, 2.45) is 0 Å². The molecule has 1 atom stereocenters. The first-order valence-electron chi connectivity index (χ1n) is 10.0. The van der Waals surface area contributed by atoms with Gasteiger partial charge in [-0.05, 0) is 46.6 Å². The largest absolute Gasteiger partial charge is 0.360 e. The molecule has 2 aromatic heterocycles. The highest BCUT2D eigenvalue weighted by Gasteiger charge is 2.32. The van der Waals surface area contributed by atoms with Crippen molar-refractivity contribution in [3.8, 4) is 11.4 Å². The summed E-state index contributed by atoms with van der Waals surface area (Å²) in [6, 6.07) is 7.92. The van der Waals surface area contributed by atoms with Crippen LogP contribution in [0.2, 0.25) is 0 Å². The van der Waals surface area contributed by atoms with Gasteiger partial charge in [-0.15, -0.1) is 10.2 Å². The third kappa shape index (κ3) is 4.35. The number of urea groups is 1. The number of hydrogen-bond acceptors (Lipinski definition) is 5. The van der Waals surface area contributed by atoms with E-state index in [1.165, 1.54) is 11.8 Å². The smallest absolute Gasteiger partial charge is 0.321 e. The van der Waals surface area contributed by atoms with Crippen LogP contribution in [0, 0.1) is 0 Å². The van der Waals surface area contributed by atoms with E-state index in [4.69, 9.17) is 0 Å². The molecule has 1 aliphatic rings. The lowest BCUT2D eigenvalue weighted by Gasteiger charge is -2.21. The molecule has 3 aromatic rings. The summed E-state index contributed by atoms with van der Waals surface area (Å²) in [5.41, 5.74) is 1.63. The quantitative estimate of drug-likeness (QED) is 0.537. The van der Waals surface area contributed by atoms with Gasteiger partial charge in [0.1, 0.15) is 0 Å². The highest BCUT2D eigenvalue weighted by Crippen LogP contribution is 2.42. The number of thioether (sulfide) groups is 1. The van der Waals surface area contributed by atoms with Crippen LogP contribution in [0.5, 0.6) is 0 Å². The van der Waals surface area contributed by atoms with Crippen molar-refractivity contribution in [3.05, 3.63) is 30.5 Å². The van der Waals surface area contributed by atoms with Crippen LogP contribution < -0.4 is 10.6 Å². The molecular formula is C21H26N6O2S. The third-order valence-electron chi connectivity index (χ3n) is 4.78. The average molecular weight is 427 g/mol. The summed E-state index contributed by atoms with van der Waals surface area (Å²) in [5.74, 6) is 0.441. The zero-order valence-corrected chi connectivity index (χ0v) is 18.3. The van der Waals surface area contributed by atoms with Gasteiger partial charge in [0.2, 0.25) is 5.91 Å². The Morgan fingerprint density at radius 2 is 1.97 bits per heavy atom. The molecule has 1 aliphatic carbocycles. The Hall–Kier alpha value is -2.81. The predicted octanol–water partition coefficient (Wildman–Crippen LogP) is 3.87. The number of benzene rings is 1. The van der Waals surface area contributed by atoms with Gasteiger partial charge in [-0.3, -0.25) is 14.7 Å². The predicted molar refractivity (Wildman–Crippen MR) is 117 cm³/mol. The number of para-hydroxylation sites is 1. The highest BCUT2D eigenvalue weighted by molar-refractivity contribution is 8.00. The molecule has 30 heavy (non-hydrogen) atoms. The SMILES string of the molecule is C[C@H](Sc1nnc(-c2c[nH]c3ccccc23)n1C1CC1)C(=O)NC(=O)NC(C)(C)C. The maximum atomic E-state index is 12.5. The number of fused-ring (bicyclic) bond motifs is 1. The van der Waals surface area contributed by atoms with Crippen LogP contribution in [0.3, 0.4) is 0 Å². The van der Waals surface area contributed by atoms with E-state index < -0.39 is 16.8 Å². The molecule has 1 fully saturated rings. The molecular weight excluding hydrogens is 400 g/mol. The van der Waals surface area contributed by atoms with Crippen molar-refractivity contribution in [2.75, 3.05) is 0 Å². The van der Waals surface area contributed by atoms with E-state index in [9.17, 15) is 9.59 Å². The van der Waals surface area contributed by atoms with E-state index in [-0.39, 0.29) is 5.91 Å². The topological polar surface area (TPSA) is 105 Å². The summed E-state index contributed by atoms with van der Waals surface area (Å²) in [4.78, 5) is 27.8. The van der Waals surface area contributed by atoms with Crippen LogP contribution in [-0.2, 0) is 4.79 Å². The van der Waals surface area contributed by atoms with E-state index >= 15 is 0 Å². The van der Waals surface area contributed by atoms with Crippen molar-refractivity contribution in [2.45, 2.75) is 62.5 Å². The average Bonchev–Trinajstić information content (AvgIpc) is 3.28. The van der Waals surface area contributed by atoms with E-state index in [2.05, 4.69) is 36.4 Å². The van der Waals surface area contributed by atoms with Crippen molar-refractivity contribution < 1.29 is 9.59 Å². The number of amides is 3. The minimum Gasteiger partial charge on any atom is -0.360 e. The Labute approximate surface area is 179 Å². The van der Waals surface area contributed by atoms with Crippen molar-refractivity contribution >= 4 is 34.6 Å². The van der Waals surface area contributed by atoms with Gasteiger partial charge in [0.25, 0.3) is 0 Å². The minimum absolute atomic E-state index is 0.339. The molecule has 0 spiro atoms. The number of hydrogen-bond donors (Lipinski definition) is 3. The fraction of sp³-hybridized carbons (Fsp3) is 0.429. The van der Waals surface area contributed by atoms with Gasteiger partial charge in [-0.25, -0.2) is 4.79 Å². The van der Waals surface area contributed by atoms with Crippen molar-refractivity contribution in [1.82, 2.24) is 30.4 Å². The second-order valence-electron chi connectivity index (χ2n) is 8.61. The summed E-state index contributed by atoms with van der Waals surface area (Å²) >= 11 is 1.32. The molecule has 0 radical (unpaired) electrons. The second-order valence-corrected chi connectivity index (χ2v) is 9.92. The van der Waals surface area contributed by atoms with Crippen LogP contribution in [0.25, 0.3) is 22.3 Å². The number of nitrogens with zero attached hydrogens (tertiary/aromatic N) is 3. The molecule has 1 saturated carbocycles. The van der Waals surface area contributed by atoms with Crippen LogP contribution in [0.4, 0.5) is 4.79 Å². The standard InChI is InChI=1S/C21H26N6O2S/c1-12(18(28)23-19(29)24-21(2,3)4)30-20-26-25-17(27(20)13-9-10-13)15-11-22-16-8-6-5-7-14(15)16/h5-8,11-13,22H,9-10H2,1-4H3,(H2,23,24,28,29)/t12-/m0/s1. The lowest BCUT2D eigenvalue weighted by molar-refractivity contribution is -0.119. The van der Waals surface area contributed by atoms with Gasteiger partial charge in [0.15, 0.2) is 11.0 Å². The van der Waals surface area contributed by atoms with Gasteiger partial charge in [-0.2, -0.15) is 0 Å². The number of rotatable bonds is 5. The highest BCUT2D eigenvalue weighted by atomic mass is 32.2. The number of aromatic nitrogens is 4. The number of H-pyrrole nitrogens is 1. The number of imide groups is 1. The molecule has 0 unspecified atom stereocenters. The third-order valence-corrected chi connectivity index (χ3v) is 5.84. The first kappa shape index (κ1) is 20.5. The molecule has 4 rings (SSSR count). The van der Waals surface area contributed by atoms with Crippen LogP contribution in [0.1, 0.15) is 46.6 Å². The fourth-order valence-corrected chi connectivity index (χ4v) is 4.18. The van der Waals surface area contributed by atoms with Crippen LogP contribution in [-0.4, -0.2) is 42.5 Å². The number of carbonyl (C=O) groups is 2. The Balaban J connectivity index is 1.54. The molecule has 9 heteroatoms. The molecule has 1 aromatic carbocycles. The van der Waals surface area contributed by atoms with E-state index in [0.717, 1.165) is 35.1 Å². The van der Waals surface area contributed by atoms with Crippen molar-refractivity contribution in [3.63, 3.8) is 0 Å². The Morgan fingerprint density at radius 3 is 2.67 bits per heavy atom. The maximum Gasteiger partial charge on any atom is 0.321 e. The summed E-state index contributed by atoms with van der Waals surface area (Å²) < 4.78 is 2.12. The molecule has 2 heterocycles. The first-order chi connectivity index (χ1) is 14.2. The zero-order valence-electron chi connectivity index (χ0n) is 17.5. The minimum atomic E-state index is -0.497. The lowest BCUT2D eigenvalue weighted by atomic mass is 10.1. The number of carbonyl (C=O) groups excluding carboxylic acids is 2.